The van der Waals surface area contributed by atoms with E-state index in [0.29, 0.717) is 12.1 Å². The van der Waals surface area contributed by atoms with Crippen LogP contribution in [0.1, 0.15) is 25.7 Å². The maximum atomic E-state index is 6.37. The molecule has 3 heterocycles. The van der Waals surface area contributed by atoms with Gasteiger partial charge in [-0.15, -0.1) is 10.2 Å². The Kier molecular flexibility index (Phi) is 4.27. The first-order chi connectivity index (χ1) is 15.2. The number of H-pyrrole nitrogens is 2. The van der Waals surface area contributed by atoms with Crippen LogP contribution < -0.4 is 10.6 Å². The summed E-state index contributed by atoms with van der Waals surface area (Å²) in [6, 6.07) is 8.99. The molecule has 4 atom stereocenters. The molecule has 2 fully saturated rings. The Balaban J connectivity index is 1.29. The van der Waals surface area contributed by atoms with Gasteiger partial charge in [-0.2, -0.15) is 10.2 Å². The number of hydrogen-bond donors (Lipinski definition) is 3. The molecule has 4 N–H and O–H groups in total. The molecule has 8 heteroatoms. The van der Waals surface area contributed by atoms with Crippen molar-refractivity contribution in [2.45, 2.75) is 37.8 Å². The molecule has 2 saturated carbocycles. The van der Waals surface area contributed by atoms with E-state index in [1.165, 1.54) is 19.3 Å². The van der Waals surface area contributed by atoms with Crippen LogP contribution in [0.15, 0.2) is 42.9 Å². The number of anilines is 1. The molecule has 2 aliphatic carbocycles. The zero-order valence-electron chi connectivity index (χ0n) is 17.5. The minimum atomic E-state index is 0.292. The molecule has 6 rings (SSSR count). The topological polar surface area (TPSA) is 112 Å². The molecular formula is C23H26N8. The Labute approximate surface area is 180 Å². The highest BCUT2D eigenvalue weighted by molar-refractivity contribution is 6.01. The van der Waals surface area contributed by atoms with Crippen LogP contribution in [0, 0.1) is 11.8 Å². The highest BCUT2D eigenvalue weighted by Crippen LogP contribution is 2.48. The fraction of sp³-hybridized carbons (Fsp3) is 0.391. The van der Waals surface area contributed by atoms with E-state index in [0.717, 1.165) is 57.4 Å². The minimum absolute atomic E-state index is 0.292. The molecule has 8 nitrogen and oxygen atoms in total. The van der Waals surface area contributed by atoms with E-state index in [9.17, 15) is 0 Å². The van der Waals surface area contributed by atoms with Gasteiger partial charge in [0.25, 0.3) is 0 Å². The van der Waals surface area contributed by atoms with Crippen molar-refractivity contribution in [2.24, 2.45) is 17.6 Å². The zero-order valence-corrected chi connectivity index (χ0v) is 17.5. The van der Waals surface area contributed by atoms with Crippen molar-refractivity contribution in [3.63, 3.8) is 0 Å². The number of nitrogens with one attached hydrogen (secondary N) is 2. The van der Waals surface area contributed by atoms with Gasteiger partial charge in [-0.3, -0.25) is 10.2 Å². The van der Waals surface area contributed by atoms with Gasteiger partial charge in [-0.25, -0.2) is 0 Å². The fourth-order valence-electron chi connectivity index (χ4n) is 5.23. The van der Waals surface area contributed by atoms with Crippen LogP contribution in [0.5, 0.6) is 0 Å². The van der Waals surface area contributed by atoms with Gasteiger partial charge < -0.3 is 10.6 Å². The van der Waals surface area contributed by atoms with E-state index in [4.69, 9.17) is 5.73 Å². The third kappa shape index (κ3) is 3.27. The van der Waals surface area contributed by atoms with Crippen molar-refractivity contribution in [3.05, 3.63) is 42.9 Å². The van der Waals surface area contributed by atoms with Crippen molar-refractivity contribution in [2.75, 3.05) is 11.9 Å². The summed E-state index contributed by atoms with van der Waals surface area (Å²) in [7, 11) is 2.12. The molecule has 3 unspecified atom stereocenters. The molecule has 2 aliphatic rings. The Morgan fingerprint density at radius 3 is 2.61 bits per heavy atom. The number of rotatable bonds is 4. The van der Waals surface area contributed by atoms with Crippen LogP contribution in [-0.4, -0.2) is 49.7 Å². The largest absolute Gasteiger partial charge is 0.355 e. The molecule has 0 saturated heterocycles. The number of hydrogen-bond acceptors (Lipinski definition) is 6. The van der Waals surface area contributed by atoms with Gasteiger partial charge in [0.2, 0.25) is 0 Å². The summed E-state index contributed by atoms with van der Waals surface area (Å²) >= 11 is 0. The molecule has 0 aliphatic heterocycles. The molecule has 0 radical (unpaired) electrons. The number of nitrogens with zero attached hydrogens (tertiary/aromatic N) is 5. The summed E-state index contributed by atoms with van der Waals surface area (Å²) < 4.78 is 0. The van der Waals surface area contributed by atoms with Gasteiger partial charge in [0.1, 0.15) is 0 Å². The van der Waals surface area contributed by atoms with Crippen molar-refractivity contribution < 1.29 is 0 Å². The van der Waals surface area contributed by atoms with Gasteiger partial charge in [-0.1, -0.05) is 12.1 Å². The molecule has 3 aromatic heterocycles. The van der Waals surface area contributed by atoms with Gasteiger partial charge in [0, 0.05) is 47.4 Å². The van der Waals surface area contributed by atoms with Crippen molar-refractivity contribution in [3.8, 4) is 22.4 Å². The third-order valence-electron chi connectivity index (χ3n) is 7.08. The SMILES string of the molecule is CN(c1ccc(-c2ccc(-c3cn[nH]c3)c3[nH]ncc23)nn1)C1CC(N)CC2C[C@H]2C1. The molecular weight excluding hydrogens is 388 g/mol. The molecule has 0 bridgehead atoms. The average molecular weight is 415 g/mol. The van der Waals surface area contributed by atoms with Crippen molar-refractivity contribution in [1.29, 1.82) is 0 Å². The van der Waals surface area contributed by atoms with Crippen LogP contribution in [0.25, 0.3) is 33.3 Å². The monoisotopic (exact) mass is 414 g/mol. The first-order valence-corrected chi connectivity index (χ1v) is 10.9. The first-order valence-electron chi connectivity index (χ1n) is 10.9. The normalized spacial score (nSPS) is 25.2. The quantitative estimate of drug-likeness (QED) is 0.472. The van der Waals surface area contributed by atoms with Crippen LogP contribution in [0.2, 0.25) is 0 Å². The second kappa shape index (κ2) is 7.16. The minimum Gasteiger partial charge on any atom is -0.355 e. The smallest absolute Gasteiger partial charge is 0.151 e. The van der Waals surface area contributed by atoms with E-state index in [-0.39, 0.29) is 0 Å². The highest BCUT2D eigenvalue weighted by atomic mass is 15.3. The fourth-order valence-corrected chi connectivity index (χ4v) is 5.23. The van der Waals surface area contributed by atoms with Crippen LogP contribution in [-0.2, 0) is 0 Å². The molecule has 0 amide bonds. The molecule has 1 aromatic carbocycles. The third-order valence-corrected chi connectivity index (χ3v) is 7.08. The van der Waals surface area contributed by atoms with E-state index in [1.807, 2.05) is 18.6 Å². The van der Waals surface area contributed by atoms with Crippen molar-refractivity contribution in [1.82, 2.24) is 30.6 Å². The maximum absolute atomic E-state index is 6.37. The van der Waals surface area contributed by atoms with E-state index in [1.54, 1.807) is 0 Å². The standard InChI is InChI=1S/C23H26N8/c1-31(17-8-14-6-13(14)7-16(24)9-17)22-5-4-21(28-29-22)19-3-2-18(15-10-25-26-11-15)23-20(19)12-27-30-23/h2-5,10-14,16-17H,6-9,24H2,1H3,(H,25,26)(H,27,30)/t13?,14-,16?,17?/m0/s1. The van der Waals surface area contributed by atoms with Gasteiger partial charge in [0.05, 0.1) is 23.6 Å². The molecule has 158 valence electrons. The number of fused-ring (bicyclic) bond motifs is 2. The lowest BCUT2D eigenvalue weighted by Gasteiger charge is -2.29. The lowest BCUT2D eigenvalue weighted by atomic mass is 10.00. The summed E-state index contributed by atoms with van der Waals surface area (Å²) in [5, 5.41) is 24.5. The Bertz CT molecular complexity index is 1190. The van der Waals surface area contributed by atoms with Crippen LogP contribution >= 0.6 is 0 Å². The summed E-state index contributed by atoms with van der Waals surface area (Å²) in [5.41, 5.74) is 11.3. The summed E-state index contributed by atoms with van der Waals surface area (Å²) in [6.45, 7) is 0. The predicted octanol–water partition coefficient (Wildman–Crippen LogP) is 3.36. The van der Waals surface area contributed by atoms with E-state index >= 15 is 0 Å². The second-order valence-corrected chi connectivity index (χ2v) is 9.07. The van der Waals surface area contributed by atoms with Crippen LogP contribution in [0.4, 0.5) is 5.82 Å². The maximum Gasteiger partial charge on any atom is 0.151 e. The lowest BCUT2D eigenvalue weighted by molar-refractivity contribution is 0.479. The van der Waals surface area contributed by atoms with E-state index < -0.39 is 0 Å². The van der Waals surface area contributed by atoms with Crippen LogP contribution in [0.3, 0.4) is 0 Å². The summed E-state index contributed by atoms with van der Waals surface area (Å²) in [4.78, 5) is 2.27. The van der Waals surface area contributed by atoms with E-state index in [2.05, 4.69) is 66.8 Å². The first kappa shape index (κ1) is 18.5. The molecule has 31 heavy (non-hydrogen) atoms. The van der Waals surface area contributed by atoms with Gasteiger partial charge >= 0.3 is 0 Å². The Morgan fingerprint density at radius 1 is 0.935 bits per heavy atom. The number of aromatic amines is 2. The summed E-state index contributed by atoms with van der Waals surface area (Å²) in [6.07, 6.45) is 10.3. The molecule has 0 spiro atoms. The van der Waals surface area contributed by atoms with Gasteiger partial charge in [-0.05, 0) is 49.7 Å². The summed E-state index contributed by atoms with van der Waals surface area (Å²) in [5.74, 6) is 2.60. The Hall–Kier alpha value is -3.26. The van der Waals surface area contributed by atoms with Gasteiger partial charge in [0.15, 0.2) is 5.82 Å². The lowest BCUT2D eigenvalue weighted by Crippen LogP contribution is -2.37. The predicted molar refractivity (Wildman–Crippen MR) is 120 cm³/mol. The Morgan fingerprint density at radius 2 is 1.81 bits per heavy atom. The second-order valence-electron chi connectivity index (χ2n) is 9.07. The highest BCUT2D eigenvalue weighted by Gasteiger charge is 2.43. The molecule has 4 aromatic rings. The number of benzene rings is 1. The zero-order chi connectivity index (χ0) is 20.9. The van der Waals surface area contributed by atoms with Crippen molar-refractivity contribution >= 4 is 16.7 Å². The average Bonchev–Trinajstić information content (AvgIpc) is 3.17. The number of nitrogens with two attached hydrogens (primary N) is 1. The number of aromatic nitrogens is 6.